The second kappa shape index (κ2) is 13.0. The third kappa shape index (κ3) is 10.5. The van der Waals surface area contributed by atoms with Crippen LogP contribution in [0, 0.1) is 5.92 Å². The van der Waals surface area contributed by atoms with E-state index in [-0.39, 0.29) is 42.0 Å². The number of hydrogen-bond donors (Lipinski definition) is 2. The molecule has 0 aliphatic rings. The van der Waals surface area contributed by atoms with Gasteiger partial charge in [-0.2, -0.15) is 0 Å². The van der Waals surface area contributed by atoms with Crippen molar-refractivity contribution in [1.82, 2.24) is 20.7 Å². The maximum Gasteiger partial charge on any atom is 0.407 e. The molecule has 0 aliphatic heterocycles. The van der Waals surface area contributed by atoms with E-state index in [2.05, 4.69) is 48.5 Å². The van der Waals surface area contributed by atoms with Crippen molar-refractivity contribution in [2.24, 2.45) is 10.9 Å². The van der Waals surface area contributed by atoms with Crippen LogP contribution in [0.2, 0.25) is 0 Å². The van der Waals surface area contributed by atoms with Gasteiger partial charge in [-0.1, -0.05) is 32.9 Å². The number of hydrogen-bond acceptors (Lipinski definition) is 5. The predicted octanol–water partition coefficient (Wildman–Crippen LogP) is 4.36. The number of carbonyl (C=O) groups excluding carboxylic acids is 1. The van der Waals surface area contributed by atoms with E-state index in [0.29, 0.717) is 12.5 Å². The number of aliphatic imine (C=N–C) groups is 1. The number of ether oxygens (including phenoxy) is 1. The zero-order valence-corrected chi connectivity index (χ0v) is 22.2. The second-order valence-corrected chi connectivity index (χ2v) is 8.98. The van der Waals surface area contributed by atoms with Crippen molar-refractivity contribution >= 4 is 36.0 Å². The molecule has 0 saturated carbocycles. The number of alkyl carbamates (subject to hydrolysis) is 1. The summed E-state index contributed by atoms with van der Waals surface area (Å²) in [6, 6.07) is 1.97. The zero-order chi connectivity index (χ0) is 22.2. The molecule has 0 fully saturated rings. The summed E-state index contributed by atoms with van der Waals surface area (Å²) in [4.78, 5) is 18.5. The Morgan fingerprint density at radius 3 is 2.40 bits per heavy atom. The van der Waals surface area contributed by atoms with Gasteiger partial charge in [0.1, 0.15) is 5.60 Å². The molecular weight excluding hydrogens is 497 g/mol. The summed E-state index contributed by atoms with van der Waals surface area (Å²) in [5.74, 6) is 2.15. The molecule has 0 bridgehead atoms. The largest absolute Gasteiger partial charge is 0.444 e. The molecule has 0 aromatic carbocycles. The molecule has 1 aromatic heterocycles. The van der Waals surface area contributed by atoms with E-state index >= 15 is 0 Å². The summed E-state index contributed by atoms with van der Waals surface area (Å²) in [5.41, 5.74) is 0.433. The van der Waals surface area contributed by atoms with Crippen molar-refractivity contribution in [3.05, 3.63) is 17.5 Å². The number of amides is 1. The summed E-state index contributed by atoms with van der Waals surface area (Å²) in [6.07, 6.45) is 0.390. The molecule has 0 saturated heterocycles. The van der Waals surface area contributed by atoms with Gasteiger partial charge in [-0.15, -0.1) is 24.0 Å². The molecule has 9 heteroatoms. The van der Waals surface area contributed by atoms with Crippen LogP contribution in [0.25, 0.3) is 0 Å². The lowest BCUT2D eigenvalue weighted by atomic mass is 10.0. The fourth-order valence-corrected chi connectivity index (χ4v) is 2.70. The molecule has 1 amide bonds. The summed E-state index contributed by atoms with van der Waals surface area (Å²) < 4.78 is 10.8. The number of nitrogens with one attached hydrogen (secondary N) is 2. The Kier molecular flexibility index (Phi) is 12.4. The number of rotatable bonds is 8. The summed E-state index contributed by atoms with van der Waals surface area (Å²) in [7, 11) is 3.72. The van der Waals surface area contributed by atoms with Gasteiger partial charge in [-0.05, 0) is 39.0 Å². The highest BCUT2D eigenvalue weighted by Crippen LogP contribution is 2.14. The van der Waals surface area contributed by atoms with Gasteiger partial charge in [0.2, 0.25) is 0 Å². The Balaban J connectivity index is 0.00000841. The third-order valence-electron chi connectivity index (χ3n) is 4.45. The van der Waals surface area contributed by atoms with Crippen LogP contribution in [0.15, 0.2) is 15.6 Å². The molecule has 30 heavy (non-hydrogen) atoms. The highest BCUT2D eigenvalue weighted by Gasteiger charge is 2.22. The minimum atomic E-state index is -0.509. The van der Waals surface area contributed by atoms with Gasteiger partial charge in [-0.25, -0.2) is 4.79 Å². The number of guanidine groups is 1. The van der Waals surface area contributed by atoms with Crippen molar-refractivity contribution in [3.8, 4) is 0 Å². The van der Waals surface area contributed by atoms with E-state index in [9.17, 15) is 4.79 Å². The molecule has 1 unspecified atom stereocenters. The van der Waals surface area contributed by atoms with Crippen LogP contribution in [0.4, 0.5) is 4.79 Å². The Labute approximate surface area is 198 Å². The first-order chi connectivity index (χ1) is 13.4. The maximum atomic E-state index is 12.1. The van der Waals surface area contributed by atoms with E-state index in [4.69, 9.17) is 9.26 Å². The van der Waals surface area contributed by atoms with Gasteiger partial charge in [0.25, 0.3) is 0 Å². The first-order valence-electron chi connectivity index (χ1n) is 10.3. The lowest BCUT2D eigenvalue weighted by Gasteiger charge is -2.28. The molecule has 1 aromatic rings. The first-order valence-corrected chi connectivity index (χ1v) is 10.3. The Morgan fingerprint density at radius 1 is 1.30 bits per heavy atom. The molecule has 0 spiro atoms. The minimum Gasteiger partial charge on any atom is -0.444 e. The quantitative estimate of drug-likeness (QED) is 0.291. The molecule has 1 atom stereocenters. The molecule has 0 radical (unpaired) electrons. The van der Waals surface area contributed by atoms with Crippen LogP contribution in [0.1, 0.15) is 72.3 Å². The van der Waals surface area contributed by atoms with Crippen LogP contribution in [-0.4, -0.2) is 54.4 Å². The average Bonchev–Trinajstić information content (AvgIpc) is 3.06. The van der Waals surface area contributed by atoms with E-state index in [1.54, 1.807) is 7.05 Å². The Hall–Kier alpha value is -1.52. The monoisotopic (exact) mass is 537 g/mol. The number of carbonyl (C=O) groups is 1. The van der Waals surface area contributed by atoms with Crippen LogP contribution in [0.3, 0.4) is 0 Å². The fourth-order valence-electron chi connectivity index (χ4n) is 2.70. The van der Waals surface area contributed by atoms with Crippen LogP contribution in [-0.2, 0) is 11.3 Å². The topological polar surface area (TPSA) is 92.0 Å². The minimum absolute atomic E-state index is 0. The lowest BCUT2D eigenvalue weighted by molar-refractivity contribution is 0.0485. The standard InChI is InChI=1S/C21H39N5O3.HI/c1-14(2)17(24-20(27)28-21(5,6)7)10-11-26(9)19(22-8)23-13-16-12-18(15(3)4)25-29-16;/h12,14-15,17H,10-11,13H2,1-9H3,(H,22,23)(H,24,27);1H. The fraction of sp³-hybridized carbons (Fsp3) is 0.762. The normalized spacial score (nSPS) is 13.1. The van der Waals surface area contributed by atoms with Crippen molar-refractivity contribution in [1.29, 1.82) is 0 Å². The molecule has 8 nitrogen and oxygen atoms in total. The number of nitrogens with zero attached hydrogens (tertiary/aromatic N) is 3. The predicted molar refractivity (Wildman–Crippen MR) is 131 cm³/mol. The second-order valence-electron chi connectivity index (χ2n) is 8.98. The smallest absolute Gasteiger partial charge is 0.407 e. The first kappa shape index (κ1) is 28.5. The van der Waals surface area contributed by atoms with Gasteiger partial charge in [0.05, 0.1) is 12.2 Å². The van der Waals surface area contributed by atoms with E-state index in [1.807, 2.05) is 38.8 Å². The lowest BCUT2D eigenvalue weighted by Crippen LogP contribution is -2.45. The van der Waals surface area contributed by atoms with Crippen LogP contribution >= 0.6 is 24.0 Å². The van der Waals surface area contributed by atoms with E-state index in [1.165, 1.54) is 0 Å². The SMILES string of the molecule is CN=C(NCc1cc(C(C)C)no1)N(C)CCC(NC(=O)OC(C)(C)C)C(C)C.I. The van der Waals surface area contributed by atoms with Crippen LogP contribution in [0.5, 0.6) is 0 Å². The summed E-state index contributed by atoms with van der Waals surface area (Å²) in [6.45, 7) is 15.2. The van der Waals surface area contributed by atoms with Crippen molar-refractivity contribution in [2.75, 3.05) is 20.6 Å². The van der Waals surface area contributed by atoms with Crippen molar-refractivity contribution in [2.45, 2.75) is 79.0 Å². The zero-order valence-electron chi connectivity index (χ0n) is 19.9. The van der Waals surface area contributed by atoms with Gasteiger partial charge >= 0.3 is 6.09 Å². The average molecular weight is 537 g/mol. The number of aromatic nitrogens is 1. The Bertz CT molecular complexity index is 668. The van der Waals surface area contributed by atoms with E-state index in [0.717, 1.165) is 30.4 Å². The molecule has 1 rings (SSSR count). The molecule has 0 aliphatic carbocycles. The van der Waals surface area contributed by atoms with Gasteiger partial charge in [-0.3, -0.25) is 4.99 Å². The molecule has 1 heterocycles. The van der Waals surface area contributed by atoms with Crippen molar-refractivity contribution < 1.29 is 14.1 Å². The maximum absolute atomic E-state index is 12.1. The van der Waals surface area contributed by atoms with Gasteiger partial charge in [0, 0.05) is 32.7 Å². The summed E-state index contributed by atoms with van der Waals surface area (Å²) >= 11 is 0. The number of halogens is 1. The van der Waals surface area contributed by atoms with Gasteiger partial charge < -0.3 is 24.8 Å². The molecule has 2 N–H and O–H groups in total. The molecular formula is C21H40IN5O3. The van der Waals surface area contributed by atoms with Crippen molar-refractivity contribution in [3.63, 3.8) is 0 Å². The summed E-state index contributed by atoms with van der Waals surface area (Å²) in [5, 5.41) is 10.4. The highest BCUT2D eigenvalue weighted by molar-refractivity contribution is 14.0. The highest BCUT2D eigenvalue weighted by atomic mass is 127. The van der Waals surface area contributed by atoms with Crippen LogP contribution < -0.4 is 10.6 Å². The third-order valence-corrected chi connectivity index (χ3v) is 4.45. The van der Waals surface area contributed by atoms with Gasteiger partial charge in [0.15, 0.2) is 11.7 Å². The Morgan fingerprint density at radius 2 is 1.93 bits per heavy atom. The molecule has 174 valence electrons. The van der Waals surface area contributed by atoms with E-state index < -0.39 is 5.60 Å².